The monoisotopic (exact) mass is 332 g/mol. The first kappa shape index (κ1) is 17.9. The Hall–Kier alpha value is -2.41. The summed E-state index contributed by atoms with van der Waals surface area (Å²) in [5.74, 6) is -0.851. The van der Waals surface area contributed by atoms with Gasteiger partial charge >= 0.3 is 0 Å². The van der Waals surface area contributed by atoms with Gasteiger partial charge in [-0.05, 0) is 44.0 Å². The smallest absolute Gasteiger partial charge is 0.251 e. The molecule has 1 saturated heterocycles. The van der Waals surface area contributed by atoms with Crippen LogP contribution in [0.2, 0.25) is 0 Å². The molecule has 7 nitrogen and oxygen atoms in total. The van der Waals surface area contributed by atoms with Crippen LogP contribution in [0.3, 0.4) is 0 Å². The molecule has 0 bridgehead atoms. The highest BCUT2D eigenvalue weighted by atomic mass is 16.2. The number of hydrogen-bond acceptors (Lipinski definition) is 4. The van der Waals surface area contributed by atoms with Crippen LogP contribution in [0.1, 0.15) is 43.0 Å². The second kappa shape index (κ2) is 7.92. The molecular weight excluding hydrogens is 308 g/mol. The van der Waals surface area contributed by atoms with Crippen LogP contribution in [0.5, 0.6) is 0 Å². The van der Waals surface area contributed by atoms with Gasteiger partial charge in [0.05, 0.1) is 5.54 Å². The zero-order valence-corrected chi connectivity index (χ0v) is 13.9. The molecule has 5 N–H and O–H groups in total. The van der Waals surface area contributed by atoms with Crippen LogP contribution in [-0.2, 0) is 9.59 Å². The van der Waals surface area contributed by atoms with Gasteiger partial charge in [0.15, 0.2) is 0 Å². The van der Waals surface area contributed by atoms with E-state index in [0.29, 0.717) is 17.7 Å². The van der Waals surface area contributed by atoms with Gasteiger partial charge in [0.1, 0.15) is 0 Å². The van der Waals surface area contributed by atoms with E-state index in [-0.39, 0.29) is 24.8 Å². The molecule has 1 aromatic rings. The van der Waals surface area contributed by atoms with Crippen molar-refractivity contribution in [1.82, 2.24) is 10.6 Å². The maximum Gasteiger partial charge on any atom is 0.251 e. The van der Waals surface area contributed by atoms with E-state index >= 15 is 0 Å². The second-order valence-corrected chi connectivity index (χ2v) is 5.97. The molecule has 24 heavy (non-hydrogen) atoms. The molecule has 0 saturated carbocycles. The van der Waals surface area contributed by atoms with Crippen LogP contribution >= 0.6 is 0 Å². The van der Waals surface area contributed by atoms with Crippen LogP contribution in [0, 0.1) is 0 Å². The molecule has 1 aromatic carbocycles. The van der Waals surface area contributed by atoms with Gasteiger partial charge in [-0.25, -0.2) is 0 Å². The molecule has 1 atom stereocenters. The van der Waals surface area contributed by atoms with E-state index in [1.54, 1.807) is 24.3 Å². The molecule has 1 unspecified atom stereocenters. The molecule has 0 aromatic heterocycles. The minimum absolute atomic E-state index is 0.0752. The Bertz CT molecular complexity index is 624. The van der Waals surface area contributed by atoms with Gasteiger partial charge < -0.3 is 21.7 Å². The van der Waals surface area contributed by atoms with Gasteiger partial charge in [-0.2, -0.15) is 0 Å². The lowest BCUT2D eigenvalue weighted by Crippen LogP contribution is -2.50. The van der Waals surface area contributed by atoms with Crippen LogP contribution in [0.15, 0.2) is 24.3 Å². The SMILES string of the molecule is CCC1(C(=O)Nc2cccc(C(=O)NCCC(N)=O)c2)CCCN1. The molecule has 130 valence electrons. The highest BCUT2D eigenvalue weighted by Gasteiger charge is 2.39. The van der Waals surface area contributed by atoms with Crippen molar-refractivity contribution in [3.63, 3.8) is 0 Å². The minimum Gasteiger partial charge on any atom is -0.370 e. The van der Waals surface area contributed by atoms with Gasteiger partial charge in [0.2, 0.25) is 11.8 Å². The Labute approximate surface area is 141 Å². The molecule has 1 heterocycles. The van der Waals surface area contributed by atoms with Crippen molar-refractivity contribution in [3.05, 3.63) is 29.8 Å². The average Bonchev–Trinajstić information content (AvgIpc) is 3.05. The van der Waals surface area contributed by atoms with E-state index in [2.05, 4.69) is 16.0 Å². The lowest BCUT2D eigenvalue weighted by molar-refractivity contribution is -0.122. The first-order chi connectivity index (χ1) is 11.5. The summed E-state index contributed by atoms with van der Waals surface area (Å²) in [7, 11) is 0. The standard InChI is InChI=1S/C17H24N4O3/c1-2-17(8-4-9-20-17)16(24)21-13-6-3-5-12(11-13)15(23)19-10-7-14(18)22/h3,5-6,11,20H,2,4,7-10H2,1H3,(H2,18,22)(H,19,23)(H,21,24). The summed E-state index contributed by atoms with van der Waals surface area (Å²) in [4.78, 5) is 35.3. The van der Waals surface area contributed by atoms with Crippen LogP contribution in [-0.4, -0.2) is 36.3 Å². The number of benzene rings is 1. The van der Waals surface area contributed by atoms with Crippen molar-refractivity contribution in [2.75, 3.05) is 18.4 Å². The number of nitrogens with one attached hydrogen (secondary N) is 3. The van der Waals surface area contributed by atoms with Crippen molar-refractivity contribution >= 4 is 23.4 Å². The van der Waals surface area contributed by atoms with E-state index in [4.69, 9.17) is 5.73 Å². The summed E-state index contributed by atoms with van der Waals surface area (Å²) in [6.07, 6.45) is 2.59. The van der Waals surface area contributed by atoms with E-state index in [0.717, 1.165) is 19.4 Å². The fraction of sp³-hybridized carbons (Fsp3) is 0.471. The third-order valence-corrected chi connectivity index (χ3v) is 4.32. The Morgan fingerprint density at radius 2 is 2.12 bits per heavy atom. The van der Waals surface area contributed by atoms with Crippen molar-refractivity contribution in [2.24, 2.45) is 5.73 Å². The van der Waals surface area contributed by atoms with Gasteiger partial charge in [0, 0.05) is 24.2 Å². The summed E-state index contributed by atoms with van der Waals surface area (Å²) in [5, 5.41) is 8.79. The number of nitrogens with two attached hydrogens (primary N) is 1. The molecule has 7 heteroatoms. The molecule has 2 rings (SSSR count). The molecule has 1 fully saturated rings. The van der Waals surface area contributed by atoms with Gasteiger partial charge in [-0.1, -0.05) is 13.0 Å². The maximum absolute atomic E-state index is 12.6. The number of anilines is 1. The average molecular weight is 332 g/mol. The minimum atomic E-state index is -0.528. The van der Waals surface area contributed by atoms with Crippen LogP contribution < -0.4 is 21.7 Å². The topological polar surface area (TPSA) is 113 Å². The van der Waals surface area contributed by atoms with E-state index in [1.807, 2.05) is 6.92 Å². The first-order valence-electron chi connectivity index (χ1n) is 8.20. The molecule has 1 aliphatic rings. The fourth-order valence-corrected chi connectivity index (χ4v) is 2.85. The van der Waals surface area contributed by atoms with Crippen molar-refractivity contribution in [2.45, 2.75) is 38.1 Å². The highest BCUT2D eigenvalue weighted by Crippen LogP contribution is 2.25. The normalized spacial score (nSPS) is 19.7. The van der Waals surface area contributed by atoms with Crippen molar-refractivity contribution in [3.8, 4) is 0 Å². The lowest BCUT2D eigenvalue weighted by Gasteiger charge is -2.26. The third kappa shape index (κ3) is 4.32. The van der Waals surface area contributed by atoms with Gasteiger partial charge in [0.25, 0.3) is 5.91 Å². The number of hydrogen-bond donors (Lipinski definition) is 4. The zero-order chi connectivity index (χ0) is 17.6. The van der Waals surface area contributed by atoms with Crippen LogP contribution in [0.25, 0.3) is 0 Å². The summed E-state index contributed by atoms with van der Waals surface area (Å²) >= 11 is 0. The number of rotatable bonds is 7. The quantitative estimate of drug-likeness (QED) is 0.590. The van der Waals surface area contributed by atoms with Crippen molar-refractivity contribution < 1.29 is 14.4 Å². The Morgan fingerprint density at radius 1 is 1.33 bits per heavy atom. The molecule has 0 radical (unpaired) electrons. The molecular formula is C17H24N4O3. The van der Waals surface area contributed by atoms with E-state index in [1.165, 1.54) is 0 Å². The Kier molecular flexibility index (Phi) is 5.92. The maximum atomic E-state index is 12.6. The van der Waals surface area contributed by atoms with E-state index < -0.39 is 11.4 Å². The predicted molar refractivity (Wildman–Crippen MR) is 91.5 cm³/mol. The summed E-state index contributed by atoms with van der Waals surface area (Å²) in [6.45, 7) is 3.01. The van der Waals surface area contributed by atoms with Crippen molar-refractivity contribution in [1.29, 1.82) is 0 Å². The number of carbonyl (C=O) groups excluding carboxylic acids is 3. The molecule has 0 aliphatic carbocycles. The molecule has 0 spiro atoms. The Morgan fingerprint density at radius 3 is 2.75 bits per heavy atom. The van der Waals surface area contributed by atoms with Gasteiger partial charge in [-0.3, -0.25) is 14.4 Å². The molecule has 1 aliphatic heterocycles. The summed E-state index contributed by atoms with van der Waals surface area (Å²) in [5.41, 5.74) is 5.50. The summed E-state index contributed by atoms with van der Waals surface area (Å²) < 4.78 is 0. The number of amides is 3. The fourth-order valence-electron chi connectivity index (χ4n) is 2.85. The molecule has 3 amide bonds. The third-order valence-electron chi connectivity index (χ3n) is 4.32. The summed E-state index contributed by atoms with van der Waals surface area (Å²) in [6, 6.07) is 6.73. The van der Waals surface area contributed by atoms with E-state index in [9.17, 15) is 14.4 Å². The largest absolute Gasteiger partial charge is 0.370 e. The predicted octanol–water partition coefficient (Wildman–Crippen LogP) is 0.763. The first-order valence-corrected chi connectivity index (χ1v) is 8.20. The highest BCUT2D eigenvalue weighted by molar-refractivity contribution is 6.00. The Balaban J connectivity index is 2.00. The zero-order valence-electron chi connectivity index (χ0n) is 13.9. The second-order valence-electron chi connectivity index (χ2n) is 5.97. The lowest BCUT2D eigenvalue weighted by atomic mass is 9.93. The van der Waals surface area contributed by atoms with Crippen LogP contribution in [0.4, 0.5) is 5.69 Å². The van der Waals surface area contributed by atoms with Gasteiger partial charge in [-0.15, -0.1) is 0 Å². The number of carbonyl (C=O) groups is 3. The number of primary amides is 1.